The zero-order valence-electron chi connectivity index (χ0n) is 17.9. The number of esters is 2. The van der Waals surface area contributed by atoms with Gasteiger partial charge in [-0.25, -0.2) is 4.79 Å². The fourth-order valence-electron chi connectivity index (χ4n) is 3.09. The zero-order valence-corrected chi connectivity index (χ0v) is 17.9. The first-order valence-electron chi connectivity index (χ1n) is 10.2. The minimum Gasteiger partial charge on any atom is -0.485 e. The van der Waals surface area contributed by atoms with Gasteiger partial charge < -0.3 is 28.8 Å². The molecule has 8 heteroatoms. The molecule has 0 amide bonds. The van der Waals surface area contributed by atoms with Gasteiger partial charge in [0.15, 0.2) is 18.2 Å². The van der Waals surface area contributed by atoms with Crippen LogP contribution in [0.15, 0.2) is 72.2 Å². The Morgan fingerprint density at radius 2 is 1.56 bits per heavy atom. The number of benzene rings is 2. The molecule has 1 aliphatic rings. The van der Waals surface area contributed by atoms with Gasteiger partial charge in [0.2, 0.25) is 5.76 Å². The largest absolute Gasteiger partial charge is 0.485 e. The molecule has 32 heavy (non-hydrogen) atoms. The summed E-state index contributed by atoms with van der Waals surface area (Å²) in [6.07, 6.45) is -3.25. The summed E-state index contributed by atoms with van der Waals surface area (Å²) in [6, 6.07) is 18.7. The van der Waals surface area contributed by atoms with Crippen molar-refractivity contribution in [1.82, 2.24) is 0 Å². The predicted molar refractivity (Wildman–Crippen MR) is 113 cm³/mol. The molecular formula is C24H26O8. The van der Waals surface area contributed by atoms with Gasteiger partial charge >= 0.3 is 11.9 Å². The molecule has 3 unspecified atom stereocenters. The molecule has 170 valence electrons. The number of hydrogen-bond donors (Lipinski definition) is 1. The van der Waals surface area contributed by atoms with Crippen molar-refractivity contribution in [1.29, 1.82) is 0 Å². The highest BCUT2D eigenvalue weighted by atomic mass is 16.7. The number of rotatable bonds is 11. The average Bonchev–Trinajstić information content (AvgIpc) is 3.10. The molecule has 2 aromatic rings. The van der Waals surface area contributed by atoms with Crippen LogP contribution in [0.2, 0.25) is 0 Å². The molecule has 0 fully saturated rings. The summed E-state index contributed by atoms with van der Waals surface area (Å²) in [7, 11) is 0. The van der Waals surface area contributed by atoms with Gasteiger partial charge in [0, 0.05) is 6.92 Å². The third kappa shape index (κ3) is 6.57. The standard InChI is InChI=1S/C24H26O8/c1-16(25)28-15-20(31-17(2)26)21-22(29-13-18-9-5-3-6-10-18)23(24(27)32-21)30-14-19-11-7-4-8-12-19/h3-12,17,20-21,26H,13-15H2,1-2H3. The number of cyclic esters (lactones) is 1. The molecular weight excluding hydrogens is 416 g/mol. The van der Waals surface area contributed by atoms with E-state index in [0.717, 1.165) is 11.1 Å². The van der Waals surface area contributed by atoms with Crippen molar-refractivity contribution in [2.45, 2.75) is 45.6 Å². The van der Waals surface area contributed by atoms with Gasteiger partial charge in [0.05, 0.1) is 0 Å². The molecule has 0 radical (unpaired) electrons. The second-order valence-corrected chi connectivity index (χ2v) is 7.14. The monoisotopic (exact) mass is 442 g/mol. The van der Waals surface area contributed by atoms with E-state index in [1.54, 1.807) is 0 Å². The average molecular weight is 442 g/mol. The van der Waals surface area contributed by atoms with E-state index < -0.39 is 30.4 Å². The maximum atomic E-state index is 12.6. The van der Waals surface area contributed by atoms with Gasteiger partial charge in [-0.2, -0.15) is 0 Å². The normalized spacial score (nSPS) is 17.5. The van der Waals surface area contributed by atoms with Crippen LogP contribution in [0.1, 0.15) is 25.0 Å². The van der Waals surface area contributed by atoms with Crippen molar-refractivity contribution in [3.8, 4) is 0 Å². The summed E-state index contributed by atoms with van der Waals surface area (Å²) < 4.78 is 27.7. The zero-order chi connectivity index (χ0) is 22.9. The van der Waals surface area contributed by atoms with Crippen LogP contribution in [-0.4, -0.2) is 42.1 Å². The number of hydrogen-bond acceptors (Lipinski definition) is 8. The number of ether oxygens (including phenoxy) is 5. The van der Waals surface area contributed by atoms with Gasteiger partial charge in [-0.15, -0.1) is 0 Å². The lowest BCUT2D eigenvalue weighted by Crippen LogP contribution is -2.38. The van der Waals surface area contributed by atoms with Crippen LogP contribution in [0.25, 0.3) is 0 Å². The molecule has 8 nitrogen and oxygen atoms in total. The second-order valence-electron chi connectivity index (χ2n) is 7.14. The molecule has 0 aromatic heterocycles. The van der Waals surface area contributed by atoms with Crippen molar-refractivity contribution >= 4 is 11.9 Å². The summed E-state index contributed by atoms with van der Waals surface area (Å²) >= 11 is 0. The van der Waals surface area contributed by atoms with Crippen molar-refractivity contribution in [3.05, 3.63) is 83.3 Å². The first-order valence-corrected chi connectivity index (χ1v) is 10.2. The summed E-state index contributed by atoms with van der Waals surface area (Å²) in [5.74, 6) is -1.23. The van der Waals surface area contributed by atoms with Crippen LogP contribution < -0.4 is 0 Å². The molecule has 1 aliphatic heterocycles. The smallest absolute Gasteiger partial charge is 0.378 e. The fraction of sp³-hybridized carbons (Fsp3) is 0.333. The molecule has 0 bridgehead atoms. The summed E-state index contributed by atoms with van der Waals surface area (Å²) in [6.45, 7) is 2.68. The maximum absolute atomic E-state index is 12.6. The number of carbonyl (C=O) groups excluding carboxylic acids is 2. The van der Waals surface area contributed by atoms with E-state index in [9.17, 15) is 14.7 Å². The lowest BCUT2D eigenvalue weighted by molar-refractivity contribution is -0.186. The van der Waals surface area contributed by atoms with E-state index >= 15 is 0 Å². The number of aliphatic hydroxyl groups is 1. The highest BCUT2D eigenvalue weighted by Gasteiger charge is 2.44. The van der Waals surface area contributed by atoms with Crippen LogP contribution in [0.4, 0.5) is 0 Å². The van der Waals surface area contributed by atoms with E-state index in [4.69, 9.17) is 23.7 Å². The fourth-order valence-corrected chi connectivity index (χ4v) is 3.09. The molecule has 3 atom stereocenters. The molecule has 0 saturated heterocycles. The van der Waals surface area contributed by atoms with Crippen LogP contribution in [-0.2, 0) is 46.5 Å². The Kier molecular flexibility index (Phi) is 8.24. The van der Waals surface area contributed by atoms with E-state index in [0.29, 0.717) is 0 Å². The van der Waals surface area contributed by atoms with Gasteiger partial charge in [-0.1, -0.05) is 60.7 Å². The third-order valence-electron chi connectivity index (χ3n) is 4.53. The highest BCUT2D eigenvalue weighted by Crippen LogP contribution is 2.30. The Labute approximate surface area is 186 Å². The van der Waals surface area contributed by atoms with Crippen molar-refractivity contribution in [3.63, 3.8) is 0 Å². The van der Waals surface area contributed by atoms with Crippen molar-refractivity contribution in [2.75, 3.05) is 6.61 Å². The van der Waals surface area contributed by atoms with Gasteiger partial charge in [-0.3, -0.25) is 4.79 Å². The Morgan fingerprint density at radius 3 is 2.09 bits per heavy atom. The van der Waals surface area contributed by atoms with E-state index in [1.165, 1.54) is 13.8 Å². The summed E-state index contributed by atoms with van der Waals surface area (Å²) in [5, 5.41) is 9.74. The van der Waals surface area contributed by atoms with Crippen LogP contribution in [0.5, 0.6) is 0 Å². The number of aliphatic hydroxyl groups excluding tert-OH is 1. The Morgan fingerprint density at radius 1 is 1.00 bits per heavy atom. The molecule has 0 aliphatic carbocycles. The minimum atomic E-state index is -1.20. The van der Waals surface area contributed by atoms with E-state index in [2.05, 4.69) is 0 Å². The molecule has 2 aromatic carbocycles. The topological polar surface area (TPSA) is 101 Å². The number of carbonyl (C=O) groups is 2. The van der Waals surface area contributed by atoms with Crippen LogP contribution >= 0.6 is 0 Å². The minimum absolute atomic E-state index is 0.0863. The SMILES string of the molecule is CC(=O)OCC(OC(C)O)C1OC(=O)C(OCc2ccccc2)=C1OCc1ccccc1. The lowest BCUT2D eigenvalue weighted by atomic mass is 10.1. The first-order chi connectivity index (χ1) is 15.4. The third-order valence-corrected chi connectivity index (χ3v) is 4.53. The second kappa shape index (κ2) is 11.3. The Hall–Kier alpha value is -3.36. The van der Waals surface area contributed by atoms with E-state index in [-0.39, 0.29) is 31.3 Å². The van der Waals surface area contributed by atoms with Gasteiger partial charge in [-0.05, 0) is 18.1 Å². The lowest BCUT2D eigenvalue weighted by Gasteiger charge is -2.25. The summed E-state index contributed by atoms with van der Waals surface area (Å²) in [4.78, 5) is 24.0. The predicted octanol–water partition coefficient (Wildman–Crippen LogP) is 2.84. The van der Waals surface area contributed by atoms with Crippen LogP contribution in [0, 0.1) is 0 Å². The molecule has 0 spiro atoms. The molecule has 0 saturated carbocycles. The molecule has 3 rings (SSSR count). The van der Waals surface area contributed by atoms with Gasteiger partial charge in [0.1, 0.15) is 25.9 Å². The Bertz CT molecular complexity index is 924. The van der Waals surface area contributed by atoms with Gasteiger partial charge in [0.25, 0.3) is 0 Å². The molecule has 1 N–H and O–H groups in total. The summed E-state index contributed by atoms with van der Waals surface area (Å²) in [5.41, 5.74) is 1.73. The first kappa shape index (κ1) is 23.3. The maximum Gasteiger partial charge on any atom is 0.378 e. The Balaban J connectivity index is 1.86. The van der Waals surface area contributed by atoms with E-state index in [1.807, 2.05) is 60.7 Å². The molecule has 1 heterocycles. The van der Waals surface area contributed by atoms with Crippen LogP contribution in [0.3, 0.4) is 0 Å². The van der Waals surface area contributed by atoms with Crippen molar-refractivity contribution in [2.24, 2.45) is 0 Å². The quantitative estimate of drug-likeness (QED) is 0.419. The highest BCUT2D eigenvalue weighted by molar-refractivity contribution is 5.89. The van der Waals surface area contributed by atoms with Crippen molar-refractivity contribution < 1.29 is 38.4 Å².